The van der Waals surface area contributed by atoms with E-state index in [2.05, 4.69) is 179 Å². The summed E-state index contributed by atoms with van der Waals surface area (Å²) in [5.41, 5.74) is 19.5. The first kappa shape index (κ1) is 42.6. The van der Waals surface area contributed by atoms with Gasteiger partial charge >= 0.3 is 0 Å². The highest BCUT2D eigenvalue weighted by Crippen LogP contribution is 2.67. The Morgan fingerprint density at radius 1 is 0.507 bits per heavy atom. The Balaban J connectivity index is 0.000000262. The number of allylic oxidation sites excluding steroid dienone is 3. The Morgan fingerprint density at radius 3 is 1.45 bits per heavy atom. The van der Waals surface area contributed by atoms with Crippen LogP contribution in [0.1, 0.15) is 82.7 Å². The van der Waals surface area contributed by atoms with Crippen molar-refractivity contribution in [1.82, 2.24) is 0 Å². The maximum absolute atomic E-state index is 11.8. The van der Waals surface area contributed by atoms with Gasteiger partial charge in [0, 0.05) is 41.4 Å². The van der Waals surface area contributed by atoms with E-state index in [9.17, 15) is 4.79 Å². The normalized spacial score (nSPS) is 14.3. The van der Waals surface area contributed by atoms with E-state index in [0.717, 1.165) is 0 Å². The molecule has 0 fully saturated rings. The van der Waals surface area contributed by atoms with Crippen molar-refractivity contribution in [2.75, 3.05) is 0 Å². The van der Waals surface area contributed by atoms with Gasteiger partial charge in [0.15, 0.2) is 5.78 Å². The molecular formula is C63H42N2OS3. The summed E-state index contributed by atoms with van der Waals surface area (Å²) >= 11 is 5.84. The highest BCUT2D eigenvalue weighted by Gasteiger charge is 2.54. The Kier molecular flexibility index (Phi) is 9.85. The topological polar surface area (TPSA) is 64.7 Å². The number of rotatable bonds is 4. The number of thiophene rings is 3. The SMILES string of the molecule is C=C1C(=O)c2ccccc2C1=C(C#N)C#N.Cc1ccc(C2(c3ccc(C)cc3)c3cc4c(cc3-c3sc5ccccc5c32)C(c2ccc(C)cc2)(c2ccc(C)cc2)c2c-4sc3ccsc23)cc1. The van der Waals surface area contributed by atoms with Crippen LogP contribution in [0.15, 0.2) is 187 Å². The van der Waals surface area contributed by atoms with E-state index < -0.39 is 10.8 Å². The highest BCUT2D eigenvalue weighted by molar-refractivity contribution is 7.29. The predicted octanol–water partition coefficient (Wildman–Crippen LogP) is 16.4. The molecule has 0 aliphatic heterocycles. The van der Waals surface area contributed by atoms with Crippen LogP contribution in [0.3, 0.4) is 0 Å². The van der Waals surface area contributed by atoms with Crippen LogP contribution >= 0.6 is 34.0 Å². The minimum Gasteiger partial charge on any atom is -0.289 e. The van der Waals surface area contributed by atoms with Crippen molar-refractivity contribution in [1.29, 1.82) is 10.5 Å². The van der Waals surface area contributed by atoms with Gasteiger partial charge in [0.25, 0.3) is 0 Å². The number of aryl methyl sites for hydroxylation is 4. The van der Waals surface area contributed by atoms with Gasteiger partial charge in [-0.3, -0.25) is 4.79 Å². The van der Waals surface area contributed by atoms with Crippen LogP contribution in [0.4, 0.5) is 0 Å². The van der Waals surface area contributed by atoms with Gasteiger partial charge in [-0.2, -0.15) is 10.5 Å². The average Bonchev–Trinajstić information content (AvgIpc) is 4.21. The molecule has 0 unspecified atom stereocenters. The van der Waals surface area contributed by atoms with Gasteiger partial charge in [0.1, 0.15) is 17.7 Å². The molecule has 10 aromatic rings. The van der Waals surface area contributed by atoms with E-state index in [1.54, 1.807) is 36.4 Å². The molecule has 0 spiro atoms. The summed E-state index contributed by atoms with van der Waals surface area (Å²) in [5.74, 6) is -0.214. The lowest BCUT2D eigenvalue weighted by Gasteiger charge is -2.36. The zero-order chi connectivity index (χ0) is 47.3. The molecule has 328 valence electrons. The molecule has 6 heteroatoms. The molecule has 0 saturated carbocycles. The average molecular weight is 939 g/mol. The molecule has 3 aliphatic carbocycles. The lowest BCUT2D eigenvalue weighted by molar-refractivity contribution is 0.104. The molecule has 69 heavy (non-hydrogen) atoms. The number of Topliss-reactive ketones (excluding diaryl/α,β-unsaturated/α-hetero) is 1. The first-order chi connectivity index (χ1) is 33.6. The van der Waals surface area contributed by atoms with E-state index in [1.165, 1.54) is 107 Å². The maximum Gasteiger partial charge on any atom is 0.193 e. The summed E-state index contributed by atoms with van der Waals surface area (Å²) in [5, 5.41) is 21.3. The molecule has 3 aliphatic rings. The van der Waals surface area contributed by atoms with Gasteiger partial charge in [-0.1, -0.05) is 168 Å². The van der Waals surface area contributed by atoms with Crippen molar-refractivity contribution in [3.8, 4) is 33.0 Å². The fraction of sp³-hybridized carbons (Fsp3) is 0.0952. The van der Waals surface area contributed by atoms with Gasteiger partial charge in [-0.25, -0.2) is 0 Å². The number of hydrogen-bond donors (Lipinski definition) is 0. The van der Waals surface area contributed by atoms with E-state index in [1.807, 2.05) is 34.0 Å². The summed E-state index contributed by atoms with van der Waals surface area (Å²) in [7, 11) is 0. The fourth-order valence-electron chi connectivity index (χ4n) is 11.3. The van der Waals surface area contributed by atoms with E-state index in [-0.39, 0.29) is 16.9 Å². The molecule has 3 aromatic heterocycles. The lowest BCUT2D eigenvalue weighted by Crippen LogP contribution is -2.30. The first-order valence-electron chi connectivity index (χ1n) is 23.0. The maximum atomic E-state index is 11.8. The molecule has 0 atom stereocenters. The van der Waals surface area contributed by atoms with Gasteiger partial charge in [-0.05, 0) is 118 Å². The number of carbonyl (C=O) groups excluding carboxylic acids is 1. The second-order valence-electron chi connectivity index (χ2n) is 18.5. The number of benzene rings is 7. The van der Waals surface area contributed by atoms with Crippen molar-refractivity contribution in [2.24, 2.45) is 0 Å². The third-order valence-corrected chi connectivity index (χ3v) is 18.0. The number of nitriles is 2. The third kappa shape index (κ3) is 6.03. The molecule has 0 bridgehead atoms. The Hall–Kier alpha value is -7.71. The molecule has 13 rings (SSSR count). The summed E-state index contributed by atoms with van der Waals surface area (Å²) < 4.78 is 4.13. The van der Waals surface area contributed by atoms with Crippen molar-refractivity contribution in [2.45, 2.75) is 38.5 Å². The Morgan fingerprint density at radius 2 is 0.942 bits per heavy atom. The Bertz CT molecular complexity index is 3810. The summed E-state index contributed by atoms with van der Waals surface area (Å²) in [6.45, 7) is 12.4. The monoisotopic (exact) mass is 938 g/mol. The smallest absolute Gasteiger partial charge is 0.193 e. The van der Waals surface area contributed by atoms with Crippen LogP contribution in [0, 0.1) is 50.4 Å². The third-order valence-electron chi connectivity index (χ3n) is 14.5. The zero-order valence-corrected chi connectivity index (χ0v) is 40.8. The predicted molar refractivity (Wildman–Crippen MR) is 287 cm³/mol. The second kappa shape index (κ2) is 15.9. The van der Waals surface area contributed by atoms with Crippen LogP contribution in [0.5, 0.6) is 0 Å². The van der Waals surface area contributed by atoms with Gasteiger partial charge in [-0.15, -0.1) is 34.0 Å². The number of ketones is 1. The van der Waals surface area contributed by atoms with Crippen LogP contribution in [0.25, 0.3) is 45.9 Å². The van der Waals surface area contributed by atoms with E-state index in [4.69, 9.17) is 10.5 Å². The highest BCUT2D eigenvalue weighted by atomic mass is 32.1. The van der Waals surface area contributed by atoms with Crippen LogP contribution in [-0.2, 0) is 10.8 Å². The van der Waals surface area contributed by atoms with Crippen LogP contribution < -0.4 is 0 Å². The molecular weight excluding hydrogens is 897 g/mol. The van der Waals surface area contributed by atoms with Gasteiger partial charge in [0.05, 0.1) is 15.5 Å². The standard InChI is InChI=1S/C50H36S3.C13H6N2O/c1-29-9-17-33(18-10-29)49(34-19-11-30(2)12-20-34)40-28-39-41(27-38(40)46-44(49)37-7-5-6-8-42(37)52-46)50(35-21-13-31(3)14-22-35,36-23-15-32(4)16-24-36)45-47(39)53-43-25-26-51-48(43)45;1-8-12(9(6-14)7-15)10-4-2-3-5-11(10)13(8)16/h5-28H,1-4H3;2-5H,1H2. The lowest BCUT2D eigenvalue weighted by atomic mass is 9.65. The minimum absolute atomic E-state index is 0.0664. The van der Waals surface area contributed by atoms with Crippen LogP contribution in [-0.4, -0.2) is 5.78 Å². The second-order valence-corrected chi connectivity index (χ2v) is 21.5. The van der Waals surface area contributed by atoms with Crippen molar-refractivity contribution < 1.29 is 4.79 Å². The van der Waals surface area contributed by atoms with E-state index >= 15 is 0 Å². The molecule has 0 N–H and O–H groups in total. The zero-order valence-electron chi connectivity index (χ0n) is 38.4. The molecule has 3 nitrogen and oxygen atoms in total. The quantitative estimate of drug-likeness (QED) is 0.130. The summed E-state index contributed by atoms with van der Waals surface area (Å²) in [6, 6.07) is 64.7. The molecule has 0 amide bonds. The van der Waals surface area contributed by atoms with Crippen LogP contribution in [0.2, 0.25) is 0 Å². The fourth-order valence-corrected chi connectivity index (χ4v) is 15.1. The molecule has 3 heterocycles. The summed E-state index contributed by atoms with van der Waals surface area (Å²) in [4.78, 5) is 14.6. The number of hydrogen-bond acceptors (Lipinski definition) is 6. The van der Waals surface area contributed by atoms with Crippen molar-refractivity contribution in [3.63, 3.8) is 0 Å². The number of carbonyl (C=O) groups is 1. The molecule has 0 saturated heterocycles. The van der Waals surface area contributed by atoms with E-state index in [0.29, 0.717) is 16.7 Å². The first-order valence-corrected chi connectivity index (χ1v) is 25.5. The number of nitrogens with zero attached hydrogens (tertiary/aromatic N) is 2. The van der Waals surface area contributed by atoms with Crippen molar-refractivity contribution in [3.05, 3.63) is 265 Å². The van der Waals surface area contributed by atoms with Crippen molar-refractivity contribution >= 4 is 64.9 Å². The Labute approximate surface area is 413 Å². The number of fused-ring (bicyclic) bond motifs is 11. The largest absolute Gasteiger partial charge is 0.289 e. The molecule has 7 aromatic carbocycles. The summed E-state index contributed by atoms with van der Waals surface area (Å²) in [6.07, 6.45) is 0. The van der Waals surface area contributed by atoms with Gasteiger partial charge in [0.2, 0.25) is 0 Å². The molecule has 0 radical (unpaired) electrons. The van der Waals surface area contributed by atoms with Gasteiger partial charge < -0.3 is 0 Å². The minimum atomic E-state index is -0.478.